The van der Waals surface area contributed by atoms with Crippen LogP contribution in [0.2, 0.25) is 0 Å². The first-order valence-electron chi connectivity index (χ1n) is 6.07. The van der Waals surface area contributed by atoms with Crippen molar-refractivity contribution >= 4 is 17.7 Å². The highest BCUT2D eigenvalue weighted by atomic mass is 32.2. The van der Waals surface area contributed by atoms with Gasteiger partial charge in [-0.1, -0.05) is 5.16 Å². The maximum Gasteiger partial charge on any atom is 0.323 e. The van der Waals surface area contributed by atoms with Gasteiger partial charge >= 0.3 is 5.97 Å². The second kappa shape index (κ2) is 7.11. The Hall–Kier alpha value is -1.80. The fraction of sp³-hybridized carbons (Fsp3) is 0.417. The molecule has 2 N–H and O–H groups in total. The van der Waals surface area contributed by atoms with Crippen LogP contribution < -0.4 is 5.73 Å². The predicted molar refractivity (Wildman–Crippen MR) is 72.8 cm³/mol. The maximum absolute atomic E-state index is 11.3. The van der Waals surface area contributed by atoms with Gasteiger partial charge in [-0.3, -0.25) is 4.79 Å². The second-order valence-electron chi connectivity index (χ2n) is 3.86. The number of aromatic nitrogens is 2. The highest BCUT2D eigenvalue weighted by Gasteiger charge is 2.16. The van der Waals surface area contributed by atoms with Crippen molar-refractivity contribution < 1.29 is 18.5 Å². The van der Waals surface area contributed by atoms with E-state index in [-0.39, 0.29) is 0 Å². The van der Waals surface area contributed by atoms with E-state index in [1.165, 1.54) is 11.8 Å². The van der Waals surface area contributed by atoms with Crippen LogP contribution in [0.25, 0.3) is 11.6 Å². The summed E-state index contributed by atoms with van der Waals surface area (Å²) >= 11 is 1.43. The lowest BCUT2D eigenvalue weighted by molar-refractivity contribution is -0.144. The molecule has 20 heavy (non-hydrogen) atoms. The van der Waals surface area contributed by atoms with Crippen LogP contribution in [0.4, 0.5) is 0 Å². The van der Waals surface area contributed by atoms with E-state index >= 15 is 0 Å². The first kappa shape index (κ1) is 14.6. The van der Waals surface area contributed by atoms with E-state index in [0.717, 1.165) is 0 Å². The molecular weight excluding hydrogens is 282 g/mol. The van der Waals surface area contributed by atoms with Crippen molar-refractivity contribution in [2.24, 2.45) is 5.73 Å². The fourth-order valence-electron chi connectivity index (χ4n) is 1.41. The molecule has 0 aliphatic carbocycles. The van der Waals surface area contributed by atoms with E-state index in [9.17, 15) is 4.79 Å². The van der Waals surface area contributed by atoms with Crippen molar-refractivity contribution in [2.75, 3.05) is 12.4 Å². The van der Waals surface area contributed by atoms with Gasteiger partial charge in [0.1, 0.15) is 6.04 Å². The molecule has 2 aromatic heterocycles. The van der Waals surface area contributed by atoms with E-state index in [0.29, 0.717) is 35.6 Å². The minimum absolute atomic E-state index is 0.327. The zero-order chi connectivity index (χ0) is 14.4. The zero-order valence-electron chi connectivity index (χ0n) is 10.9. The van der Waals surface area contributed by atoms with Crippen LogP contribution in [-0.2, 0) is 15.3 Å². The van der Waals surface area contributed by atoms with Crippen molar-refractivity contribution in [3.8, 4) is 11.6 Å². The van der Waals surface area contributed by atoms with Gasteiger partial charge in [-0.15, -0.1) is 11.8 Å². The molecule has 0 saturated heterocycles. The number of esters is 1. The van der Waals surface area contributed by atoms with Gasteiger partial charge in [0.05, 0.1) is 18.6 Å². The van der Waals surface area contributed by atoms with Crippen LogP contribution in [0.5, 0.6) is 0 Å². The van der Waals surface area contributed by atoms with E-state index in [1.807, 2.05) is 0 Å². The van der Waals surface area contributed by atoms with Gasteiger partial charge in [0.2, 0.25) is 11.7 Å². The molecule has 1 unspecified atom stereocenters. The molecule has 7 nitrogen and oxygen atoms in total. The molecule has 1 atom stereocenters. The Morgan fingerprint density at radius 2 is 2.45 bits per heavy atom. The van der Waals surface area contributed by atoms with E-state index in [4.69, 9.17) is 19.4 Å². The SMILES string of the molecule is CCOC(=O)C(N)CSCc1nc(-c2ccco2)no1. The fourth-order valence-corrected chi connectivity index (χ4v) is 2.21. The number of carbonyl (C=O) groups excluding carboxylic acids is 1. The number of hydrogen-bond acceptors (Lipinski definition) is 8. The number of rotatable bonds is 7. The lowest BCUT2D eigenvalue weighted by Crippen LogP contribution is -2.34. The molecular formula is C12H15N3O4S. The number of thioether (sulfide) groups is 1. The topological polar surface area (TPSA) is 104 Å². The largest absolute Gasteiger partial charge is 0.465 e. The van der Waals surface area contributed by atoms with Crippen LogP contribution in [0, 0.1) is 0 Å². The summed E-state index contributed by atoms with van der Waals surface area (Å²) in [5, 5.41) is 3.80. The standard InChI is InChI=1S/C12H15N3O4S/c1-2-17-12(16)8(13)6-20-7-10-14-11(15-19-10)9-4-3-5-18-9/h3-5,8H,2,6-7,13H2,1H3. The molecule has 0 fully saturated rings. The monoisotopic (exact) mass is 297 g/mol. The molecule has 0 radical (unpaired) electrons. The molecule has 0 saturated carbocycles. The molecule has 2 aromatic rings. The van der Waals surface area contributed by atoms with Gasteiger partial charge in [-0.05, 0) is 19.1 Å². The molecule has 0 aliphatic heterocycles. The molecule has 108 valence electrons. The Kier molecular flexibility index (Phi) is 5.19. The van der Waals surface area contributed by atoms with Crippen molar-refractivity contribution in [3.05, 3.63) is 24.3 Å². The first-order valence-corrected chi connectivity index (χ1v) is 7.22. The molecule has 0 amide bonds. The smallest absolute Gasteiger partial charge is 0.323 e. The van der Waals surface area contributed by atoms with Gasteiger partial charge in [-0.2, -0.15) is 4.98 Å². The van der Waals surface area contributed by atoms with Gasteiger partial charge in [0, 0.05) is 5.75 Å². The summed E-state index contributed by atoms with van der Waals surface area (Å²) < 4.78 is 15.1. The summed E-state index contributed by atoms with van der Waals surface area (Å²) in [4.78, 5) is 15.5. The minimum Gasteiger partial charge on any atom is -0.465 e. The van der Waals surface area contributed by atoms with Gasteiger partial charge in [0.15, 0.2) is 5.76 Å². The van der Waals surface area contributed by atoms with Crippen molar-refractivity contribution in [1.29, 1.82) is 0 Å². The van der Waals surface area contributed by atoms with E-state index < -0.39 is 12.0 Å². The third-order valence-electron chi connectivity index (χ3n) is 2.32. The van der Waals surface area contributed by atoms with Crippen LogP contribution in [-0.4, -0.2) is 34.5 Å². The Bertz CT molecular complexity index is 541. The number of furan rings is 1. The zero-order valence-corrected chi connectivity index (χ0v) is 11.8. The number of carbonyl (C=O) groups is 1. The highest BCUT2D eigenvalue weighted by Crippen LogP contribution is 2.18. The predicted octanol–water partition coefficient (Wildman–Crippen LogP) is 1.45. The Balaban J connectivity index is 1.79. The Morgan fingerprint density at radius 3 is 3.15 bits per heavy atom. The minimum atomic E-state index is -0.646. The lowest BCUT2D eigenvalue weighted by atomic mass is 10.4. The summed E-state index contributed by atoms with van der Waals surface area (Å²) in [5.74, 6) is 1.91. The third kappa shape index (κ3) is 3.84. The second-order valence-corrected chi connectivity index (χ2v) is 4.89. The van der Waals surface area contributed by atoms with Crippen molar-refractivity contribution in [3.63, 3.8) is 0 Å². The molecule has 0 spiro atoms. The molecule has 0 aliphatic rings. The first-order chi connectivity index (χ1) is 9.70. The average molecular weight is 297 g/mol. The van der Waals surface area contributed by atoms with Crippen LogP contribution in [0.15, 0.2) is 27.3 Å². The number of hydrogen-bond donors (Lipinski definition) is 1. The highest BCUT2D eigenvalue weighted by molar-refractivity contribution is 7.98. The summed E-state index contributed by atoms with van der Waals surface area (Å²) in [7, 11) is 0. The summed E-state index contributed by atoms with van der Waals surface area (Å²) in [5.41, 5.74) is 5.67. The summed E-state index contributed by atoms with van der Waals surface area (Å²) in [6.07, 6.45) is 1.54. The van der Waals surface area contributed by atoms with Crippen molar-refractivity contribution in [2.45, 2.75) is 18.7 Å². The van der Waals surface area contributed by atoms with Crippen LogP contribution >= 0.6 is 11.8 Å². The van der Waals surface area contributed by atoms with Crippen LogP contribution in [0.1, 0.15) is 12.8 Å². The summed E-state index contributed by atoms with van der Waals surface area (Å²) in [6.45, 7) is 2.07. The molecule has 8 heteroatoms. The molecule has 0 aromatic carbocycles. The third-order valence-corrected chi connectivity index (χ3v) is 3.37. The maximum atomic E-state index is 11.3. The van der Waals surface area contributed by atoms with Gasteiger partial charge in [-0.25, -0.2) is 0 Å². The molecule has 2 rings (SSSR count). The van der Waals surface area contributed by atoms with E-state index in [1.54, 1.807) is 25.3 Å². The number of nitrogens with zero attached hydrogens (tertiary/aromatic N) is 2. The lowest BCUT2D eigenvalue weighted by Gasteiger charge is -2.08. The van der Waals surface area contributed by atoms with Crippen molar-refractivity contribution in [1.82, 2.24) is 10.1 Å². The Labute approximate surface area is 119 Å². The Morgan fingerprint density at radius 1 is 1.60 bits per heavy atom. The average Bonchev–Trinajstić information content (AvgIpc) is 3.09. The number of ether oxygens (including phenoxy) is 1. The van der Waals surface area contributed by atoms with Crippen LogP contribution in [0.3, 0.4) is 0 Å². The molecule has 2 heterocycles. The normalized spacial score (nSPS) is 12.3. The quantitative estimate of drug-likeness (QED) is 0.766. The number of nitrogens with two attached hydrogens (primary N) is 1. The van der Waals surface area contributed by atoms with Gasteiger partial charge in [0.25, 0.3) is 0 Å². The van der Waals surface area contributed by atoms with Gasteiger partial charge < -0.3 is 19.4 Å². The summed E-state index contributed by atoms with van der Waals surface area (Å²) in [6, 6.07) is 2.85. The van der Waals surface area contributed by atoms with E-state index in [2.05, 4.69) is 10.1 Å². The molecule has 0 bridgehead atoms.